The Balaban J connectivity index is 0.00000280. The van der Waals surface area contributed by atoms with Crippen molar-refractivity contribution >= 4 is 45.5 Å². The zero-order chi connectivity index (χ0) is 19.4. The molecule has 0 aromatic heterocycles. The van der Waals surface area contributed by atoms with Gasteiger partial charge in [-0.25, -0.2) is 13.4 Å². The van der Waals surface area contributed by atoms with E-state index in [-0.39, 0.29) is 35.7 Å². The van der Waals surface area contributed by atoms with Gasteiger partial charge in [-0.05, 0) is 68.9 Å². The highest BCUT2D eigenvalue weighted by atomic mass is 127. The highest BCUT2D eigenvalue weighted by molar-refractivity contribution is 14.0. The molecule has 0 amide bonds. The van der Waals surface area contributed by atoms with Crippen molar-refractivity contribution in [1.82, 2.24) is 0 Å². The zero-order valence-corrected chi connectivity index (χ0v) is 19.5. The van der Waals surface area contributed by atoms with Crippen LogP contribution in [0, 0.1) is 6.92 Å². The van der Waals surface area contributed by atoms with Crippen LogP contribution in [-0.2, 0) is 22.7 Å². The molecule has 28 heavy (non-hydrogen) atoms. The SMILES string of the molecule is Cc1ccc(S(=O)(=O)CC(C)N=C(N)Nc2cccc3c2CCCC3)cc1.I. The average Bonchev–Trinajstić information content (AvgIpc) is 2.61. The van der Waals surface area contributed by atoms with Crippen molar-refractivity contribution in [1.29, 1.82) is 0 Å². The molecule has 1 aliphatic carbocycles. The summed E-state index contributed by atoms with van der Waals surface area (Å²) in [7, 11) is -3.40. The fourth-order valence-corrected chi connectivity index (χ4v) is 4.96. The van der Waals surface area contributed by atoms with Gasteiger partial charge in [0.1, 0.15) is 0 Å². The average molecular weight is 513 g/mol. The number of aryl methyl sites for hydroxylation is 2. The smallest absolute Gasteiger partial charge is 0.193 e. The normalized spacial score (nSPS) is 15.3. The third-order valence-corrected chi connectivity index (χ3v) is 6.77. The lowest BCUT2D eigenvalue weighted by Gasteiger charge is -2.20. The number of hydrogen-bond donors (Lipinski definition) is 2. The van der Waals surface area contributed by atoms with E-state index in [1.54, 1.807) is 31.2 Å². The van der Waals surface area contributed by atoms with Crippen LogP contribution >= 0.6 is 24.0 Å². The monoisotopic (exact) mass is 513 g/mol. The molecule has 1 atom stereocenters. The van der Waals surface area contributed by atoms with Crippen molar-refractivity contribution in [3.8, 4) is 0 Å². The first-order chi connectivity index (χ1) is 12.8. The van der Waals surface area contributed by atoms with E-state index in [0.717, 1.165) is 24.1 Å². The van der Waals surface area contributed by atoms with E-state index >= 15 is 0 Å². The first-order valence-electron chi connectivity index (χ1n) is 9.35. The number of halogens is 1. The fourth-order valence-electron chi connectivity index (χ4n) is 3.50. The Morgan fingerprint density at radius 2 is 1.82 bits per heavy atom. The summed E-state index contributed by atoms with van der Waals surface area (Å²) >= 11 is 0. The van der Waals surface area contributed by atoms with Crippen molar-refractivity contribution in [2.45, 2.75) is 50.5 Å². The van der Waals surface area contributed by atoms with Crippen LogP contribution in [0.3, 0.4) is 0 Å². The van der Waals surface area contributed by atoms with Crippen molar-refractivity contribution in [2.24, 2.45) is 10.7 Å². The topological polar surface area (TPSA) is 84.5 Å². The van der Waals surface area contributed by atoms with Crippen LogP contribution in [0.5, 0.6) is 0 Å². The van der Waals surface area contributed by atoms with Crippen LogP contribution in [0.4, 0.5) is 5.69 Å². The number of nitrogens with zero attached hydrogens (tertiary/aromatic N) is 1. The van der Waals surface area contributed by atoms with Gasteiger partial charge in [0.05, 0.1) is 16.7 Å². The molecule has 0 spiro atoms. The molecule has 1 aliphatic rings. The molecule has 5 nitrogen and oxygen atoms in total. The molecule has 0 saturated carbocycles. The second-order valence-corrected chi connectivity index (χ2v) is 9.27. The Labute approximate surface area is 184 Å². The Morgan fingerprint density at radius 1 is 1.14 bits per heavy atom. The van der Waals surface area contributed by atoms with Crippen LogP contribution < -0.4 is 11.1 Å². The van der Waals surface area contributed by atoms with E-state index < -0.39 is 15.9 Å². The van der Waals surface area contributed by atoms with Gasteiger partial charge in [0.15, 0.2) is 15.8 Å². The maximum absolute atomic E-state index is 12.6. The molecule has 7 heteroatoms. The molecule has 152 valence electrons. The number of hydrogen-bond acceptors (Lipinski definition) is 3. The number of nitrogens with one attached hydrogen (secondary N) is 1. The first kappa shape index (κ1) is 22.7. The number of sulfone groups is 1. The lowest BCUT2D eigenvalue weighted by atomic mass is 9.90. The minimum Gasteiger partial charge on any atom is -0.370 e. The van der Waals surface area contributed by atoms with Crippen LogP contribution in [0.2, 0.25) is 0 Å². The van der Waals surface area contributed by atoms with Crippen LogP contribution in [0.1, 0.15) is 36.5 Å². The minimum atomic E-state index is -3.40. The molecule has 0 fully saturated rings. The summed E-state index contributed by atoms with van der Waals surface area (Å²) in [4.78, 5) is 4.67. The predicted molar refractivity (Wildman–Crippen MR) is 126 cm³/mol. The first-order valence-corrected chi connectivity index (χ1v) is 11.0. The molecule has 2 aromatic carbocycles. The van der Waals surface area contributed by atoms with E-state index in [0.29, 0.717) is 4.90 Å². The second-order valence-electron chi connectivity index (χ2n) is 7.23. The molecule has 2 aromatic rings. The van der Waals surface area contributed by atoms with Crippen LogP contribution in [0.15, 0.2) is 52.4 Å². The zero-order valence-electron chi connectivity index (χ0n) is 16.3. The summed E-state index contributed by atoms with van der Waals surface area (Å²) in [5.41, 5.74) is 10.7. The molecule has 0 aliphatic heterocycles. The van der Waals surface area contributed by atoms with E-state index in [4.69, 9.17) is 5.73 Å². The third-order valence-electron chi connectivity index (χ3n) is 4.86. The van der Waals surface area contributed by atoms with E-state index in [1.807, 2.05) is 19.1 Å². The number of guanidine groups is 1. The van der Waals surface area contributed by atoms with Crippen molar-refractivity contribution in [2.75, 3.05) is 11.1 Å². The molecular weight excluding hydrogens is 485 g/mol. The largest absolute Gasteiger partial charge is 0.370 e. The molecule has 3 rings (SSSR count). The predicted octanol–water partition coefficient (Wildman–Crippen LogP) is 4.08. The molecular formula is C21H28IN3O2S. The molecule has 1 unspecified atom stereocenters. The minimum absolute atomic E-state index is 0. The summed E-state index contributed by atoms with van der Waals surface area (Å²) in [5.74, 6) is 0.172. The number of benzene rings is 2. The molecule has 0 saturated heterocycles. The molecule has 0 bridgehead atoms. The lowest BCUT2D eigenvalue weighted by Crippen LogP contribution is -2.27. The summed E-state index contributed by atoms with van der Waals surface area (Å²) in [6, 6.07) is 12.6. The Morgan fingerprint density at radius 3 is 2.54 bits per heavy atom. The molecule has 0 heterocycles. The summed E-state index contributed by atoms with van der Waals surface area (Å²) in [5, 5.41) is 3.17. The summed E-state index contributed by atoms with van der Waals surface area (Å²) in [6.07, 6.45) is 4.51. The van der Waals surface area contributed by atoms with Crippen LogP contribution in [-0.4, -0.2) is 26.2 Å². The van der Waals surface area contributed by atoms with Gasteiger partial charge < -0.3 is 11.1 Å². The van der Waals surface area contributed by atoms with Gasteiger partial charge in [-0.15, -0.1) is 24.0 Å². The Hall–Kier alpha value is -1.61. The van der Waals surface area contributed by atoms with Gasteiger partial charge in [-0.2, -0.15) is 0 Å². The summed E-state index contributed by atoms with van der Waals surface area (Å²) in [6.45, 7) is 3.69. The second kappa shape index (κ2) is 9.73. The summed E-state index contributed by atoms with van der Waals surface area (Å²) < 4.78 is 25.1. The van der Waals surface area contributed by atoms with E-state index in [9.17, 15) is 8.42 Å². The molecule has 0 radical (unpaired) electrons. The van der Waals surface area contributed by atoms with E-state index in [2.05, 4.69) is 16.4 Å². The maximum Gasteiger partial charge on any atom is 0.193 e. The highest BCUT2D eigenvalue weighted by Crippen LogP contribution is 2.27. The number of anilines is 1. The van der Waals surface area contributed by atoms with Gasteiger partial charge in [-0.1, -0.05) is 29.8 Å². The van der Waals surface area contributed by atoms with Crippen molar-refractivity contribution in [3.63, 3.8) is 0 Å². The number of nitrogens with two attached hydrogens (primary N) is 1. The standard InChI is InChI=1S/C21H27N3O2S.HI/c1-15-10-12-18(13-11-15)27(25,26)14-16(2)23-21(22)24-20-9-5-7-17-6-3-4-8-19(17)20;/h5,7,9-13,16H,3-4,6,8,14H2,1-2H3,(H3,22,23,24);1H. The Bertz CT molecular complexity index is 941. The van der Waals surface area contributed by atoms with Crippen molar-refractivity contribution in [3.05, 3.63) is 59.2 Å². The third kappa shape index (κ3) is 5.70. The number of rotatable bonds is 5. The van der Waals surface area contributed by atoms with Gasteiger partial charge in [0, 0.05) is 5.69 Å². The van der Waals surface area contributed by atoms with Crippen molar-refractivity contribution < 1.29 is 8.42 Å². The maximum atomic E-state index is 12.6. The fraction of sp³-hybridized carbons (Fsp3) is 0.381. The lowest BCUT2D eigenvalue weighted by molar-refractivity contribution is 0.590. The molecule has 3 N–H and O–H groups in total. The Kier molecular flexibility index (Phi) is 7.88. The van der Waals surface area contributed by atoms with Gasteiger partial charge >= 0.3 is 0 Å². The van der Waals surface area contributed by atoms with Gasteiger partial charge in [-0.3, -0.25) is 0 Å². The number of fused-ring (bicyclic) bond motifs is 1. The van der Waals surface area contributed by atoms with Crippen LogP contribution in [0.25, 0.3) is 0 Å². The van der Waals surface area contributed by atoms with E-state index in [1.165, 1.54) is 24.0 Å². The van der Waals surface area contributed by atoms with Gasteiger partial charge in [0.25, 0.3) is 0 Å². The quantitative estimate of drug-likeness (QED) is 0.359. The number of aliphatic imine (C=N–C) groups is 1. The highest BCUT2D eigenvalue weighted by Gasteiger charge is 2.19. The van der Waals surface area contributed by atoms with Gasteiger partial charge in [0.2, 0.25) is 0 Å².